The lowest BCUT2D eigenvalue weighted by molar-refractivity contribution is -0.134. The summed E-state index contributed by atoms with van der Waals surface area (Å²) in [5.41, 5.74) is 13.3. The number of ether oxygens (including phenoxy) is 1. The highest BCUT2D eigenvalue weighted by molar-refractivity contribution is 6.09. The van der Waals surface area contributed by atoms with Crippen molar-refractivity contribution in [3.8, 4) is 0 Å². The number of hydrogen-bond acceptors (Lipinski definition) is 10. The number of anilines is 1. The number of imidazole rings is 1. The number of unbranched alkanes of at least 4 members (excludes halogenated alkanes) is 3. The van der Waals surface area contributed by atoms with Crippen LogP contribution in [0.25, 0.3) is 21.8 Å². The Balaban J connectivity index is 1.38. The maximum absolute atomic E-state index is 15.5. The molecule has 0 fully saturated rings. The average Bonchev–Trinajstić information content (AvgIpc) is 3.59. The Bertz CT molecular complexity index is 2120. The number of carbonyl (C=O) groups excluding carboxylic acids is 5. The second-order valence-corrected chi connectivity index (χ2v) is 15.8. The van der Waals surface area contributed by atoms with E-state index in [2.05, 4.69) is 33.0 Å². The number of hydrogen-bond donors (Lipinski definition) is 5. The van der Waals surface area contributed by atoms with Gasteiger partial charge in [0.05, 0.1) is 37.1 Å². The average molecular weight is 850 g/mol. The fraction of sp³-hybridized carbons (Fsp3) is 0.511. The van der Waals surface area contributed by atoms with Gasteiger partial charge < -0.3 is 36.2 Å². The van der Waals surface area contributed by atoms with Crippen molar-refractivity contribution in [1.82, 2.24) is 20.2 Å². The predicted molar refractivity (Wildman–Crippen MR) is 230 cm³/mol. The Morgan fingerprint density at radius 3 is 2.34 bits per heavy atom. The number of halogens is 2. The molecule has 0 saturated carbocycles. The summed E-state index contributed by atoms with van der Waals surface area (Å²) in [7, 11) is 0. The Hall–Kier alpha value is -5.32. The molecule has 14 nitrogen and oxygen atoms in total. The largest absolute Gasteiger partial charge is 0.397 e. The third kappa shape index (κ3) is 14.1. The van der Waals surface area contributed by atoms with Crippen LogP contribution in [0.3, 0.4) is 0 Å². The molecule has 0 saturated heterocycles. The number of amides is 3. The first-order chi connectivity index (χ1) is 29.2. The molecule has 0 aliphatic carbocycles. The number of carbonyl (C=O) groups is 5. The molecule has 0 spiro atoms. The number of nitrogens with two attached hydrogens (primary N) is 3. The molecule has 3 aromatic carbocycles. The number of nitrogens with zero attached hydrogens (tertiary/aromatic N) is 2. The molecule has 0 bridgehead atoms. The number of fused-ring (bicyclic) bond motifs is 3. The minimum Gasteiger partial charge on any atom is -0.397 e. The van der Waals surface area contributed by atoms with E-state index in [0.29, 0.717) is 37.9 Å². The molecule has 4 rings (SSSR count). The third-order valence-corrected chi connectivity index (χ3v) is 10.8. The standard InChI is InChI=1S/C45H61F2N7O7/c1-4-5-16-41-53-42-37(48)25-29-12-6-7-13-32(29)43(42)54(41)19-11-10-18-51-44(58)30-23-35(46)34(36(47)24-30)27-39(56)38(14-8-9-15-40(49)57)52-45(59)33(28(2)3)26-31(55)17-20-60-21-22-61-50/h6-7,12-13,23-25,28,33,38H,4-5,8-11,14-22,26-27,48,50H2,1-3H3,(H2,49,57)(H,51,58)(H,52,59)/t33-,38-/m0/s1. The van der Waals surface area contributed by atoms with Crippen LogP contribution in [0.4, 0.5) is 14.5 Å². The molecule has 0 aliphatic rings. The van der Waals surface area contributed by atoms with E-state index in [0.717, 1.165) is 59.0 Å². The Morgan fingerprint density at radius 1 is 0.918 bits per heavy atom. The van der Waals surface area contributed by atoms with Crippen molar-refractivity contribution in [2.45, 2.75) is 110 Å². The zero-order chi connectivity index (χ0) is 44.5. The monoisotopic (exact) mass is 849 g/mol. The molecule has 0 unspecified atom stereocenters. The van der Waals surface area contributed by atoms with Crippen LogP contribution in [-0.4, -0.2) is 71.2 Å². The summed E-state index contributed by atoms with van der Waals surface area (Å²) in [4.78, 5) is 73.5. The van der Waals surface area contributed by atoms with E-state index in [1.54, 1.807) is 13.8 Å². The van der Waals surface area contributed by atoms with Crippen molar-refractivity contribution in [3.63, 3.8) is 0 Å². The van der Waals surface area contributed by atoms with Gasteiger partial charge in [0, 0.05) is 67.6 Å². The van der Waals surface area contributed by atoms with E-state index in [4.69, 9.17) is 27.1 Å². The van der Waals surface area contributed by atoms with Gasteiger partial charge in [0.1, 0.15) is 28.8 Å². The smallest absolute Gasteiger partial charge is 0.251 e. The number of rotatable bonds is 28. The van der Waals surface area contributed by atoms with Crippen LogP contribution < -0.4 is 28.0 Å². The molecular formula is C45H61F2N7O7. The first kappa shape index (κ1) is 48.3. The molecule has 332 valence electrons. The lowest BCUT2D eigenvalue weighted by Gasteiger charge is -2.24. The minimum absolute atomic E-state index is 0.0546. The maximum Gasteiger partial charge on any atom is 0.251 e. The number of ketones is 2. The van der Waals surface area contributed by atoms with Crippen LogP contribution in [0.2, 0.25) is 0 Å². The summed E-state index contributed by atoms with van der Waals surface area (Å²) in [6, 6.07) is 10.6. The van der Waals surface area contributed by atoms with Crippen LogP contribution in [0.15, 0.2) is 42.5 Å². The third-order valence-electron chi connectivity index (χ3n) is 10.8. The van der Waals surface area contributed by atoms with Crippen LogP contribution in [-0.2, 0) is 48.1 Å². The van der Waals surface area contributed by atoms with Gasteiger partial charge in [-0.15, -0.1) is 0 Å². The summed E-state index contributed by atoms with van der Waals surface area (Å²) in [5, 5.41) is 7.52. The van der Waals surface area contributed by atoms with E-state index in [-0.39, 0.29) is 69.3 Å². The molecule has 0 radical (unpaired) electrons. The lowest BCUT2D eigenvalue weighted by atomic mass is 9.88. The van der Waals surface area contributed by atoms with Gasteiger partial charge in [0.2, 0.25) is 11.8 Å². The van der Waals surface area contributed by atoms with Crippen molar-refractivity contribution in [2.24, 2.45) is 23.5 Å². The molecule has 1 aromatic heterocycles. The number of nitrogens with one attached hydrogen (secondary N) is 2. The summed E-state index contributed by atoms with van der Waals surface area (Å²) in [5.74, 6) is 0.0207. The van der Waals surface area contributed by atoms with Gasteiger partial charge in [0.15, 0.2) is 5.78 Å². The minimum atomic E-state index is -1.17. The fourth-order valence-corrected chi connectivity index (χ4v) is 7.33. The first-order valence-electron chi connectivity index (χ1n) is 21.2. The summed E-state index contributed by atoms with van der Waals surface area (Å²) in [6.07, 6.45) is 4.05. The number of benzene rings is 3. The van der Waals surface area contributed by atoms with Crippen LogP contribution in [0.5, 0.6) is 0 Å². The molecule has 61 heavy (non-hydrogen) atoms. The van der Waals surface area contributed by atoms with Gasteiger partial charge in [0.25, 0.3) is 5.91 Å². The summed E-state index contributed by atoms with van der Waals surface area (Å²) in [6.45, 7) is 7.03. The SMILES string of the molecule is CCCCc1nc2c(N)cc3ccccc3c2n1CCCCNC(=O)c1cc(F)c(CC(=O)[C@H](CCCCC(N)=O)NC(=O)[C@@H](CC(=O)CCOCCON)C(C)C)c(F)c1. The van der Waals surface area contributed by atoms with Crippen molar-refractivity contribution in [3.05, 3.63) is 71.1 Å². The summed E-state index contributed by atoms with van der Waals surface area (Å²) >= 11 is 0. The van der Waals surface area contributed by atoms with E-state index in [1.807, 2.05) is 24.3 Å². The topological polar surface area (TPSA) is 224 Å². The molecule has 0 aliphatic heterocycles. The van der Waals surface area contributed by atoms with Crippen molar-refractivity contribution >= 4 is 56.8 Å². The van der Waals surface area contributed by atoms with Gasteiger partial charge in [-0.3, -0.25) is 24.0 Å². The zero-order valence-corrected chi connectivity index (χ0v) is 35.5. The highest BCUT2D eigenvalue weighted by Crippen LogP contribution is 2.32. The van der Waals surface area contributed by atoms with Crippen molar-refractivity contribution in [2.75, 3.05) is 32.1 Å². The lowest BCUT2D eigenvalue weighted by Crippen LogP contribution is -2.46. The van der Waals surface area contributed by atoms with E-state index in [1.165, 1.54) is 0 Å². The quantitative estimate of drug-likeness (QED) is 0.0264. The van der Waals surface area contributed by atoms with Crippen LogP contribution >= 0.6 is 0 Å². The van der Waals surface area contributed by atoms with Gasteiger partial charge >= 0.3 is 0 Å². The number of aryl methyl sites for hydroxylation is 2. The predicted octanol–water partition coefficient (Wildman–Crippen LogP) is 5.77. The zero-order valence-electron chi connectivity index (χ0n) is 35.5. The molecule has 4 aromatic rings. The molecule has 8 N–H and O–H groups in total. The van der Waals surface area contributed by atoms with E-state index < -0.39 is 59.1 Å². The molecular weight excluding hydrogens is 789 g/mol. The van der Waals surface area contributed by atoms with Crippen LogP contribution in [0.1, 0.15) is 107 Å². The summed E-state index contributed by atoms with van der Waals surface area (Å²) < 4.78 is 38.5. The fourth-order valence-electron chi connectivity index (χ4n) is 7.33. The number of nitrogen functional groups attached to an aromatic ring is 1. The number of Topliss-reactive ketones (excluding diaryl/α,β-unsaturated/α-hetero) is 2. The maximum atomic E-state index is 15.5. The van der Waals surface area contributed by atoms with E-state index in [9.17, 15) is 24.0 Å². The highest BCUT2D eigenvalue weighted by Gasteiger charge is 2.30. The number of primary amides is 1. The van der Waals surface area contributed by atoms with Gasteiger partial charge in [-0.25, -0.2) is 19.7 Å². The van der Waals surface area contributed by atoms with Crippen molar-refractivity contribution < 1.29 is 42.3 Å². The van der Waals surface area contributed by atoms with Gasteiger partial charge in [-0.2, -0.15) is 0 Å². The van der Waals surface area contributed by atoms with Gasteiger partial charge in [-0.05, 0) is 61.6 Å². The first-order valence-corrected chi connectivity index (χ1v) is 21.2. The van der Waals surface area contributed by atoms with Gasteiger partial charge in [-0.1, -0.05) is 57.9 Å². The molecule has 16 heteroatoms. The number of aromatic nitrogens is 2. The van der Waals surface area contributed by atoms with Crippen molar-refractivity contribution in [1.29, 1.82) is 0 Å². The second-order valence-electron chi connectivity index (χ2n) is 15.8. The molecule has 1 heterocycles. The normalized spacial score (nSPS) is 12.5. The second kappa shape index (κ2) is 24.2. The van der Waals surface area contributed by atoms with E-state index >= 15 is 8.78 Å². The van der Waals surface area contributed by atoms with Crippen LogP contribution in [0, 0.1) is 23.5 Å². The Kier molecular flexibility index (Phi) is 19.2. The Morgan fingerprint density at radius 2 is 1.66 bits per heavy atom. The molecule has 3 amide bonds. The molecule has 2 atom stereocenters. The highest BCUT2D eigenvalue weighted by atomic mass is 19.1. The Labute approximate surface area is 355 Å².